The number of para-hydroxylation sites is 1. The maximum Gasteiger partial charge on any atom is 0.191 e. The monoisotopic (exact) mass is 313 g/mol. The Balaban J connectivity index is 1.72. The number of benzene rings is 1. The Morgan fingerprint density at radius 2 is 2.04 bits per heavy atom. The molecule has 1 heterocycles. The maximum atomic E-state index is 5.64. The van der Waals surface area contributed by atoms with Crippen molar-refractivity contribution in [3.05, 3.63) is 67.1 Å². The highest BCUT2D eigenvalue weighted by Crippen LogP contribution is 2.07. The highest BCUT2D eigenvalue weighted by atomic mass is 16.5. The number of furan rings is 1. The number of rotatable bonds is 9. The summed E-state index contributed by atoms with van der Waals surface area (Å²) in [5.74, 6) is 2.54. The van der Waals surface area contributed by atoms with Crippen molar-refractivity contribution in [3.8, 4) is 5.75 Å². The van der Waals surface area contributed by atoms with Gasteiger partial charge < -0.3 is 19.8 Å². The van der Waals surface area contributed by atoms with Gasteiger partial charge in [0.2, 0.25) is 0 Å². The number of hydrogen-bond donors (Lipinski definition) is 2. The highest BCUT2D eigenvalue weighted by molar-refractivity contribution is 5.79. The van der Waals surface area contributed by atoms with Crippen LogP contribution in [0.1, 0.15) is 5.76 Å². The van der Waals surface area contributed by atoms with E-state index in [1.54, 1.807) is 12.3 Å². The van der Waals surface area contributed by atoms with Crippen LogP contribution in [0.15, 0.2) is 70.8 Å². The molecule has 0 atom stereocenters. The summed E-state index contributed by atoms with van der Waals surface area (Å²) in [5, 5.41) is 6.42. The van der Waals surface area contributed by atoms with E-state index in [9.17, 15) is 0 Å². The standard InChI is InChI=1S/C18H23N3O2/c1-2-11-19-18(20-12-10-17-9-6-14-22-17)21-13-15-23-16-7-4-3-5-8-16/h2-9,14H,1,10-13,15H2,(H2,19,20,21). The van der Waals surface area contributed by atoms with Crippen LogP contribution in [-0.2, 0) is 6.42 Å². The van der Waals surface area contributed by atoms with Crippen molar-refractivity contribution in [3.63, 3.8) is 0 Å². The molecule has 2 rings (SSSR count). The summed E-state index contributed by atoms with van der Waals surface area (Å²) in [4.78, 5) is 4.51. The van der Waals surface area contributed by atoms with Crippen LogP contribution in [0.2, 0.25) is 0 Å². The van der Waals surface area contributed by atoms with E-state index in [1.807, 2.05) is 42.5 Å². The lowest BCUT2D eigenvalue weighted by atomic mass is 10.3. The first-order valence-electron chi connectivity index (χ1n) is 7.72. The largest absolute Gasteiger partial charge is 0.492 e. The third-order valence-electron chi connectivity index (χ3n) is 3.03. The molecule has 5 heteroatoms. The molecular formula is C18H23N3O2. The Kier molecular flexibility index (Phi) is 7.33. The molecule has 0 aliphatic heterocycles. The topological polar surface area (TPSA) is 58.8 Å². The summed E-state index contributed by atoms with van der Waals surface area (Å²) in [6, 6.07) is 13.6. The van der Waals surface area contributed by atoms with Crippen molar-refractivity contribution in [1.82, 2.24) is 10.6 Å². The summed E-state index contributed by atoms with van der Waals surface area (Å²) in [7, 11) is 0. The van der Waals surface area contributed by atoms with Crippen molar-refractivity contribution in [1.29, 1.82) is 0 Å². The van der Waals surface area contributed by atoms with Crippen molar-refractivity contribution in [2.45, 2.75) is 6.42 Å². The molecule has 2 aromatic rings. The van der Waals surface area contributed by atoms with Gasteiger partial charge in [0, 0.05) is 19.5 Å². The first kappa shape index (κ1) is 16.7. The molecule has 0 saturated heterocycles. The third kappa shape index (κ3) is 6.74. The number of hydrogen-bond acceptors (Lipinski definition) is 3. The second-order valence-electron chi connectivity index (χ2n) is 4.82. The summed E-state index contributed by atoms with van der Waals surface area (Å²) < 4.78 is 10.9. The lowest BCUT2D eigenvalue weighted by Crippen LogP contribution is -2.39. The van der Waals surface area contributed by atoms with Crippen LogP contribution < -0.4 is 15.4 Å². The zero-order valence-corrected chi connectivity index (χ0v) is 13.2. The van der Waals surface area contributed by atoms with Crippen molar-refractivity contribution < 1.29 is 9.15 Å². The van der Waals surface area contributed by atoms with E-state index >= 15 is 0 Å². The second-order valence-corrected chi connectivity index (χ2v) is 4.82. The van der Waals surface area contributed by atoms with Crippen LogP contribution >= 0.6 is 0 Å². The summed E-state index contributed by atoms with van der Waals surface area (Å²) in [6.07, 6.45) is 4.24. The normalized spacial score (nSPS) is 11.0. The Morgan fingerprint density at radius 1 is 1.17 bits per heavy atom. The van der Waals surface area contributed by atoms with Crippen molar-refractivity contribution in [2.24, 2.45) is 4.99 Å². The fourth-order valence-corrected chi connectivity index (χ4v) is 1.93. The molecule has 0 spiro atoms. The Morgan fingerprint density at radius 3 is 2.78 bits per heavy atom. The highest BCUT2D eigenvalue weighted by Gasteiger charge is 1.99. The van der Waals surface area contributed by atoms with Crippen molar-refractivity contribution >= 4 is 5.96 Å². The minimum atomic E-state index is 0.566. The molecule has 0 aliphatic rings. The minimum Gasteiger partial charge on any atom is -0.492 e. The smallest absolute Gasteiger partial charge is 0.191 e. The fourth-order valence-electron chi connectivity index (χ4n) is 1.93. The van der Waals surface area contributed by atoms with Crippen LogP contribution in [0, 0.1) is 0 Å². The SMILES string of the molecule is C=CCNC(=NCCc1ccco1)NCCOc1ccccc1. The molecular weight excluding hydrogens is 290 g/mol. The fraction of sp³-hybridized carbons (Fsp3) is 0.278. The van der Waals surface area contributed by atoms with Gasteiger partial charge in [-0.2, -0.15) is 0 Å². The molecule has 0 fully saturated rings. The average Bonchev–Trinajstić information content (AvgIpc) is 3.10. The zero-order valence-electron chi connectivity index (χ0n) is 13.2. The van der Waals surface area contributed by atoms with E-state index in [0.717, 1.165) is 23.9 Å². The van der Waals surface area contributed by atoms with E-state index < -0.39 is 0 Å². The van der Waals surface area contributed by atoms with E-state index in [4.69, 9.17) is 9.15 Å². The predicted octanol–water partition coefficient (Wildman–Crippen LogP) is 2.62. The van der Waals surface area contributed by atoms with Gasteiger partial charge in [-0.25, -0.2) is 0 Å². The van der Waals surface area contributed by atoms with Gasteiger partial charge in [-0.05, 0) is 24.3 Å². The van der Waals surface area contributed by atoms with Crippen LogP contribution in [0.25, 0.3) is 0 Å². The lowest BCUT2D eigenvalue weighted by Gasteiger charge is -2.12. The first-order valence-corrected chi connectivity index (χ1v) is 7.72. The Labute approximate surface area is 137 Å². The van der Waals surface area contributed by atoms with Crippen LogP contribution in [0.3, 0.4) is 0 Å². The van der Waals surface area contributed by atoms with Gasteiger partial charge in [-0.15, -0.1) is 6.58 Å². The number of guanidine groups is 1. The van der Waals surface area contributed by atoms with Gasteiger partial charge in [0.15, 0.2) is 5.96 Å². The summed E-state index contributed by atoms with van der Waals surface area (Å²) >= 11 is 0. The molecule has 23 heavy (non-hydrogen) atoms. The molecule has 1 aromatic heterocycles. The Bertz CT molecular complexity index is 580. The van der Waals surface area contributed by atoms with Crippen LogP contribution in [0.4, 0.5) is 0 Å². The lowest BCUT2D eigenvalue weighted by molar-refractivity contribution is 0.322. The molecule has 1 aromatic carbocycles. The minimum absolute atomic E-state index is 0.566. The van der Waals surface area contributed by atoms with E-state index in [0.29, 0.717) is 26.2 Å². The number of aliphatic imine (C=N–C) groups is 1. The molecule has 0 bridgehead atoms. The van der Waals surface area contributed by atoms with Crippen molar-refractivity contribution in [2.75, 3.05) is 26.2 Å². The average molecular weight is 313 g/mol. The third-order valence-corrected chi connectivity index (χ3v) is 3.03. The van der Waals surface area contributed by atoms with E-state index in [1.165, 1.54) is 0 Å². The summed E-state index contributed by atoms with van der Waals surface area (Å²) in [5.41, 5.74) is 0. The van der Waals surface area contributed by atoms with E-state index in [-0.39, 0.29) is 0 Å². The predicted molar refractivity (Wildman–Crippen MR) is 92.9 cm³/mol. The van der Waals surface area contributed by atoms with Gasteiger partial charge in [0.25, 0.3) is 0 Å². The molecule has 0 saturated carbocycles. The number of nitrogens with zero attached hydrogens (tertiary/aromatic N) is 1. The van der Waals surface area contributed by atoms with Gasteiger partial charge in [0.05, 0.1) is 12.8 Å². The molecule has 122 valence electrons. The first-order chi connectivity index (χ1) is 11.4. The van der Waals surface area contributed by atoms with Gasteiger partial charge in [-0.1, -0.05) is 24.3 Å². The van der Waals surface area contributed by atoms with Crippen LogP contribution in [0.5, 0.6) is 5.75 Å². The molecule has 0 amide bonds. The quantitative estimate of drug-likeness (QED) is 0.323. The van der Waals surface area contributed by atoms with Crippen LogP contribution in [-0.4, -0.2) is 32.2 Å². The second kappa shape index (κ2) is 10.1. The van der Waals surface area contributed by atoms with Gasteiger partial charge >= 0.3 is 0 Å². The van der Waals surface area contributed by atoms with Gasteiger partial charge in [0.1, 0.15) is 18.1 Å². The molecule has 0 aliphatic carbocycles. The molecule has 5 nitrogen and oxygen atoms in total. The maximum absolute atomic E-state index is 5.64. The molecule has 0 radical (unpaired) electrons. The molecule has 0 unspecified atom stereocenters. The summed E-state index contributed by atoms with van der Waals surface area (Å²) in [6.45, 7) is 6.25. The Hall–Kier alpha value is -2.69. The van der Waals surface area contributed by atoms with E-state index in [2.05, 4.69) is 22.2 Å². The number of nitrogens with one attached hydrogen (secondary N) is 2. The van der Waals surface area contributed by atoms with Gasteiger partial charge in [-0.3, -0.25) is 4.99 Å². The zero-order chi connectivity index (χ0) is 16.2. The number of ether oxygens (including phenoxy) is 1. The molecule has 2 N–H and O–H groups in total.